The van der Waals surface area contributed by atoms with Gasteiger partial charge in [-0.25, -0.2) is 0 Å². The Morgan fingerprint density at radius 3 is 1.69 bits per heavy atom. The summed E-state index contributed by atoms with van der Waals surface area (Å²) in [6.45, 7) is 5.63. The zero-order valence-corrected chi connectivity index (χ0v) is 8.52. The second-order valence-corrected chi connectivity index (χ2v) is 3.14. The number of piperidine rings is 1. The van der Waals surface area contributed by atoms with Crippen molar-refractivity contribution in [2.24, 2.45) is 11.5 Å². The van der Waals surface area contributed by atoms with Crippen LogP contribution in [-0.2, 0) is 0 Å². The fraction of sp³-hybridized carbons (Fsp3) is 1.00. The summed E-state index contributed by atoms with van der Waals surface area (Å²) < 4.78 is 0. The van der Waals surface area contributed by atoms with Gasteiger partial charge in [-0.3, -0.25) is 0 Å². The molecular weight excluding hydrogens is 164 g/mol. The molecule has 1 aliphatic rings. The van der Waals surface area contributed by atoms with Gasteiger partial charge in [0.05, 0.1) is 0 Å². The second kappa shape index (κ2) is 11.8. The van der Waals surface area contributed by atoms with Crippen LogP contribution in [0.2, 0.25) is 0 Å². The quantitative estimate of drug-likeness (QED) is 0.438. The topological polar surface area (TPSA) is 76.1 Å². The molecule has 0 spiro atoms. The maximum absolute atomic E-state index is 5.17. The Hall–Kier alpha value is -0.160. The van der Waals surface area contributed by atoms with E-state index in [2.05, 4.69) is 10.6 Å². The number of hydrogen-bond donors (Lipinski definition) is 4. The van der Waals surface area contributed by atoms with Gasteiger partial charge in [-0.05, 0) is 25.9 Å². The van der Waals surface area contributed by atoms with Crippen LogP contribution in [0.1, 0.15) is 19.3 Å². The van der Waals surface area contributed by atoms with E-state index in [1.54, 1.807) is 0 Å². The Bertz CT molecular complexity index is 68.2. The Morgan fingerprint density at radius 1 is 0.923 bits per heavy atom. The number of hydrogen-bond acceptors (Lipinski definition) is 4. The Kier molecular flexibility index (Phi) is 11.7. The summed E-state index contributed by atoms with van der Waals surface area (Å²) >= 11 is 0. The summed E-state index contributed by atoms with van der Waals surface area (Å²) in [6, 6.07) is 0. The normalized spacial score (nSPS) is 16.2. The molecule has 0 amide bonds. The lowest BCUT2D eigenvalue weighted by molar-refractivity contribution is 0.520. The highest BCUT2D eigenvalue weighted by Crippen LogP contribution is 1.96. The van der Waals surface area contributed by atoms with Crippen LogP contribution in [-0.4, -0.2) is 39.3 Å². The minimum atomic E-state index is 0.694. The smallest absolute Gasteiger partial charge is 0.00750 e. The molecule has 1 heterocycles. The largest absolute Gasteiger partial charge is 0.329 e. The van der Waals surface area contributed by atoms with E-state index in [1.165, 1.54) is 32.4 Å². The van der Waals surface area contributed by atoms with E-state index < -0.39 is 0 Å². The first kappa shape index (κ1) is 12.8. The summed E-state index contributed by atoms with van der Waals surface area (Å²) in [7, 11) is 0. The minimum absolute atomic E-state index is 0.694. The van der Waals surface area contributed by atoms with Crippen LogP contribution in [0.15, 0.2) is 0 Å². The van der Waals surface area contributed by atoms with Gasteiger partial charge in [-0.1, -0.05) is 6.42 Å². The van der Waals surface area contributed by atoms with Crippen molar-refractivity contribution in [3.05, 3.63) is 0 Å². The zero-order valence-electron chi connectivity index (χ0n) is 8.52. The maximum Gasteiger partial charge on any atom is 0.00750 e. The van der Waals surface area contributed by atoms with Gasteiger partial charge in [-0.2, -0.15) is 0 Å². The molecule has 1 saturated heterocycles. The molecule has 4 nitrogen and oxygen atoms in total. The number of nitrogens with one attached hydrogen (secondary N) is 2. The van der Waals surface area contributed by atoms with Crippen molar-refractivity contribution < 1.29 is 0 Å². The molecule has 80 valence electrons. The van der Waals surface area contributed by atoms with Crippen molar-refractivity contribution in [1.29, 1.82) is 0 Å². The second-order valence-electron chi connectivity index (χ2n) is 3.14. The summed E-state index contributed by atoms with van der Waals surface area (Å²) in [5, 5.41) is 6.32. The van der Waals surface area contributed by atoms with Crippen LogP contribution in [0.4, 0.5) is 0 Å². The highest BCUT2D eigenvalue weighted by molar-refractivity contribution is 4.55. The molecule has 0 aliphatic carbocycles. The number of rotatable bonds is 4. The molecule has 0 radical (unpaired) electrons. The fourth-order valence-corrected chi connectivity index (χ4v) is 1.13. The average molecular weight is 188 g/mol. The molecule has 1 aliphatic heterocycles. The van der Waals surface area contributed by atoms with Crippen LogP contribution in [0.5, 0.6) is 0 Å². The van der Waals surface area contributed by atoms with E-state index in [4.69, 9.17) is 11.5 Å². The summed E-state index contributed by atoms with van der Waals surface area (Å²) in [6.07, 6.45) is 4.22. The van der Waals surface area contributed by atoms with Crippen molar-refractivity contribution in [3.8, 4) is 0 Å². The van der Waals surface area contributed by atoms with Crippen LogP contribution in [0, 0.1) is 0 Å². The zero-order chi connectivity index (χ0) is 9.78. The lowest BCUT2D eigenvalue weighted by atomic mass is 10.2. The lowest BCUT2D eigenvalue weighted by Crippen LogP contribution is -2.27. The van der Waals surface area contributed by atoms with E-state index in [0.717, 1.165) is 13.1 Å². The minimum Gasteiger partial charge on any atom is -0.329 e. The predicted octanol–water partition coefficient (Wildman–Crippen LogP) is -0.747. The molecular formula is C9H24N4. The molecule has 0 aromatic carbocycles. The Balaban J connectivity index is 0.000000223. The maximum atomic E-state index is 5.17. The van der Waals surface area contributed by atoms with Gasteiger partial charge in [-0.15, -0.1) is 0 Å². The average Bonchev–Trinajstić information content (AvgIpc) is 2.22. The summed E-state index contributed by atoms with van der Waals surface area (Å²) in [5.74, 6) is 0. The fourth-order valence-electron chi connectivity index (χ4n) is 1.13. The molecule has 0 unspecified atom stereocenters. The summed E-state index contributed by atoms with van der Waals surface area (Å²) in [4.78, 5) is 0. The lowest BCUT2D eigenvalue weighted by Gasteiger charge is -2.08. The van der Waals surface area contributed by atoms with Gasteiger partial charge in [0.15, 0.2) is 0 Å². The first-order valence-corrected chi connectivity index (χ1v) is 5.23. The molecule has 13 heavy (non-hydrogen) atoms. The molecule has 0 atom stereocenters. The first-order valence-electron chi connectivity index (χ1n) is 5.23. The molecule has 0 aromatic heterocycles. The van der Waals surface area contributed by atoms with Gasteiger partial charge in [0, 0.05) is 26.2 Å². The van der Waals surface area contributed by atoms with Gasteiger partial charge in [0.25, 0.3) is 0 Å². The number of nitrogens with two attached hydrogens (primary N) is 2. The highest BCUT2D eigenvalue weighted by Gasteiger charge is 1.93. The van der Waals surface area contributed by atoms with E-state index in [1.807, 2.05) is 0 Å². The van der Waals surface area contributed by atoms with E-state index in [0.29, 0.717) is 13.1 Å². The van der Waals surface area contributed by atoms with Crippen LogP contribution < -0.4 is 22.1 Å². The van der Waals surface area contributed by atoms with Crippen LogP contribution >= 0.6 is 0 Å². The molecule has 0 aromatic rings. The third kappa shape index (κ3) is 11.8. The molecule has 1 fully saturated rings. The molecule has 1 rings (SSSR count). The Labute approximate surface area is 81.4 Å². The van der Waals surface area contributed by atoms with E-state index in [-0.39, 0.29) is 0 Å². The Morgan fingerprint density at radius 2 is 1.46 bits per heavy atom. The SMILES string of the molecule is C1CCNCC1.NCCNCCN. The molecule has 0 bridgehead atoms. The van der Waals surface area contributed by atoms with Gasteiger partial charge in [0.1, 0.15) is 0 Å². The molecule has 0 saturated carbocycles. The van der Waals surface area contributed by atoms with Gasteiger partial charge < -0.3 is 22.1 Å². The first-order chi connectivity index (χ1) is 6.41. The van der Waals surface area contributed by atoms with Crippen LogP contribution in [0.3, 0.4) is 0 Å². The molecule has 6 N–H and O–H groups in total. The predicted molar refractivity (Wildman–Crippen MR) is 57.7 cm³/mol. The van der Waals surface area contributed by atoms with Gasteiger partial charge >= 0.3 is 0 Å². The van der Waals surface area contributed by atoms with Crippen molar-refractivity contribution in [2.75, 3.05) is 39.3 Å². The van der Waals surface area contributed by atoms with E-state index >= 15 is 0 Å². The van der Waals surface area contributed by atoms with Crippen molar-refractivity contribution in [2.45, 2.75) is 19.3 Å². The standard InChI is InChI=1S/C5H11N.C4H13N3/c1-2-4-6-5-3-1;5-1-3-7-4-2-6/h6H,1-5H2;7H,1-6H2. The van der Waals surface area contributed by atoms with E-state index in [9.17, 15) is 0 Å². The third-order valence-electron chi connectivity index (χ3n) is 1.85. The highest BCUT2D eigenvalue weighted by atomic mass is 14.9. The van der Waals surface area contributed by atoms with Crippen LogP contribution in [0.25, 0.3) is 0 Å². The van der Waals surface area contributed by atoms with Crippen molar-refractivity contribution in [3.63, 3.8) is 0 Å². The van der Waals surface area contributed by atoms with Gasteiger partial charge in [0.2, 0.25) is 0 Å². The monoisotopic (exact) mass is 188 g/mol. The van der Waals surface area contributed by atoms with Crippen molar-refractivity contribution >= 4 is 0 Å². The molecule has 4 heteroatoms. The third-order valence-corrected chi connectivity index (χ3v) is 1.85. The summed E-state index contributed by atoms with van der Waals surface area (Å²) in [5.41, 5.74) is 10.3. The van der Waals surface area contributed by atoms with Crippen molar-refractivity contribution in [1.82, 2.24) is 10.6 Å².